The number of hydrogen-bond donors (Lipinski definition) is 2. The molecule has 0 saturated carbocycles. The molecule has 0 amide bonds. The maximum absolute atomic E-state index is 12.4. The molecule has 3 N–H and O–H groups in total. The van der Waals surface area contributed by atoms with Crippen LogP contribution in [0.1, 0.15) is 55.6 Å². The lowest BCUT2D eigenvalue weighted by molar-refractivity contribution is 0.0521. The van der Waals surface area contributed by atoms with E-state index in [-0.39, 0.29) is 29.7 Å². The zero-order valence-corrected chi connectivity index (χ0v) is 13.4. The maximum Gasteiger partial charge on any atom is 0.356 e. The summed E-state index contributed by atoms with van der Waals surface area (Å²) < 4.78 is 4.98. The first-order valence-corrected chi connectivity index (χ1v) is 8.09. The molecule has 0 saturated heterocycles. The van der Waals surface area contributed by atoms with E-state index in [9.17, 15) is 9.59 Å². The average Bonchev–Trinajstić information content (AvgIpc) is 3.03. The smallest absolute Gasteiger partial charge is 0.356 e. The molecule has 2 heterocycles. The van der Waals surface area contributed by atoms with Crippen molar-refractivity contribution in [3.8, 4) is 0 Å². The number of carbonyl (C=O) groups is 2. The van der Waals surface area contributed by atoms with E-state index in [0.717, 1.165) is 5.69 Å². The third kappa shape index (κ3) is 2.43. The van der Waals surface area contributed by atoms with Crippen molar-refractivity contribution in [3.05, 3.63) is 38.8 Å². The van der Waals surface area contributed by atoms with Gasteiger partial charge in [0.25, 0.3) is 0 Å². The van der Waals surface area contributed by atoms with Gasteiger partial charge in [-0.05, 0) is 32.4 Å². The standard InChI is InChI=1S/C16H18N2O3S/c1-3-21-16(20)15-14(17)13-10(18-15)6-9(7-11(13)19)12-5-4-8(2)22-12/h4-5,9,18H,3,6-7,17H2,1-2H3. The van der Waals surface area contributed by atoms with Crippen LogP contribution >= 0.6 is 11.3 Å². The van der Waals surface area contributed by atoms with Gasteiger partial charge in [-0.15, -0.1) is 11.3 Å². The molecule has 5 nitrogen and oxygen atoms in total. The molecule has 0 radical (unpaired) electrons. The molecule has 6 heteroatoms. The summed E-state index contributed by atoms with van der Waals surface area (Å²) in [7, 11) is 0. The number of nitrogen functional groups attached to an aromatic ring is 1. The van der Waals surface area contributed by atoms with Crippen molar-refractivity contribution >= 4 is 28.8 Å². The molecule has 0 spiro atoms. The number of thiophene rings is 1. The maximum atomic E-state index is 12.4. The van der Waals surface area contributed by atoms with Gasteiger partial charge in [0.05, 0.1) is 17.9 Å². The fourth-order valence-electron chi connectivity index (χ4n) is 2.92. The van der Waals surface area contributed by atoms with E-state index < -0.39 is 5.97 Å². The number of esters is 1. The molecule has 3 rings (SSSR count). The van der Waals surface area contributed by atoms with Crippen molar-refractivity contribution in [1.82, 2.24) is 4.98 Å². The van der Waals surface area contributed by atoms with Gasteiger partial charge in [-0.1, -0.05) is 0 Å². The van der Waals surface area contributed by atoms with Gasteiger partial charge in [-0.3, -0.25) is 4.79 Å². The van der Waals surface area contributed by atoms with Gasteiger partial charge in [-0.2, -0.15) is 0 Å². The first-order chi connectivity index (χ1) is 10.5. The van der Waals surface area contributed by atoms with Crippen LogP contribution < -0.4 is 5.73 Å². The van der Waals surface area contributed by atoms with Gasteiger partial charge < -0.3 is 15.5 Å². The fraction of sp³-hybridized carbons (Fsp3) is 0.375. The quantitative estimate of drug-likeness (QED) is 0.852. The van der Waals surface area contributed by atoms with Crippen LogP contribution in [0.2, 0.25) is 0 Å². The van der Waals surface area contributed by atoms with Crippen molar-refractivity contribution in [2.24, 2.45) is 0 Å². The van der Waals surface area contributed by atoms with Crippen molar-refractivity contribution in [1.29, 1.82) is 0 Å². The van der Waals surface area contributed by atoms with Crippen molar-refractivity contribution < 1.29 is 14.3 Å². The molecular weight excluding hydrogens is 300 g/mol. The minimum atomic E-state index is -0.509. The minimum absolute atomic E-state index is 0.0124. The Morgan fingerprint density at radius 2 is 2.23 bits per heavy atom. The molecule has 1 aliphatic carbocycles. The predicted molar refractivity (Wildman–Crippen MR) is 85.6 cm³/mol. The van der Waals surface area contributed by atoms with Crippen molar-refractivity contribution in [2.75, 3.05) is 12.3 Å². The number of H-pyrrole nitrogens is 1. The molecule has 1 aliphatic rings. The number of nitrogens with one attached hydrogen (secondary N) is 1. The highest BCUT2D eigenvalue weighted by atomic mass is 32.1. The molecule has 0 aliphatic heterocycles. The average molecular weight is 318 g/mol. The lowest BCUT2D eigenvalue weighted by Crippen LogP contribution is -2.18. The van der Waals surface area contributed by atoms with Gasteiger partial charge in [0.1, 0.15) is 5.69 Å². The van der Waals surface area contributed by atoms with Gasteiger partial charge in [0.15, 0.2) is 5.78 Å². The predicted octanol–water partition coefficient (Wildman–Crippen LogP) is 3.06. The number of nitrogens with two attached hydrogens (primary N) is 1. The summed E-state index contributed by atoms with van der Waals surface area (Å²) in [6, 6.07) is 4.13. The first-order valence-electron chi connectivity index (χ1n) is 7.28. The first kappa shape index (κ1) is 14.8. The summed E-state index contributed by atoms with van der Waals surface area (Å²) >= 11 is 1.71. The summed E-state index contributed by atoms with van der Waals surface area (Å²) in [5, 5.41) is 0. The molecule has 2 aromatic rings. The lowest BCUT2D eigenvalue weighted by Gasteiger charge is -2.20. The number of anilines is 1. The second-order valence-corrected chi connectivity index (χ2v) is 6.78. The van der Waals surface area contributed by atoms with E-state index in [1.54, 1.807) is 18.3 Å². The third-order valence-electron chi connectivity index (χ3n) is 3.92. The van der Waals surface area contributed by atoms with Crippen LogP contribution in [0.5, 0.6) is 0 Å². The summed E-state index contributed by atoms with van der Waals surface area (Å²) in [5.74, 6) is -0.376. The number of Topliss-reactive ketones (excluding diaryl/α,β-unsaturated/α-hetero) is 1. The number of ketones is 1. The number of aryl methyl sites for hydroxylation is 1. The van der Waals surface area contributed by atoms with E-state index in [2.05, 4.69) is 24.0 Å². The Kier molecular flexibility index (Phi) is 3.78. The highest BCUT2D eigenvalue weighted by molar-refractivity contribution is 7.12. The highest BCUT2D eigenvalue weighted by Crippen LogP contribution is 2.38. The number of fused-ring (bicyclic) bond motifs is 1. The largest absolute Gasteiger partial charge is 0.461 e. The van der Waals surface area contributed by atoms with Crippen LogP contribution in [-0.2, 0) is 11.2 Å². The molecule has 0 bridgehead atoms. The fourth-order valence-corrected chi connectivity index (χ4v) is 3.90. The van der Waals surface area contributed by atoms with Gasteiger partial charge in [0, 0.05) is 27.8 Å². The molecular formula is C16H18N2O3S. The molecule has 22 heavy (non-hydrogen) atoms. The van der Waals surface area contributed by atoms with Gasteiger partial charge in [-0.25, -0.2) is 4.79 Å². The Bertz CT molecular complexity index is 745. The number of aromatic nitrogens is 1. The second kappa shape index (κ2) is 5.61. The van der Waals surface area contributed by atoms with E-state index in [4.69, 9.17) is 10.5 Å². The van der Waals surface area contributed by atoms with Crippen LogP contribution in [0.25, 0.3) is 0 Å². The Morgan fingerprint density at radius 3 is 2.86 bits per heavy atom. The van der Waals surface area contributed by atoms with E-state index >= 15 is 0 Å². The lowest BCUT2D eigenvalue weighted by atomic mass is 9.85. The Hall–Kier alpha value is -2.08. The number of ether oxygens (including phenoxy) is 1. The van der Waals surface area contributed by atoms with E-state index in [1.165, 1.54) is 9.75 Å². The molecule has 2 aromatic heterocycles. The van der Waals surface area contributed by atoms with Gasteiger partial charge >= 0.3 is 5.97 Å². The number of carbonyl (C=O) groups excluding carboxylic acids is 2. The number of hydrogen-bond acceptors (Lipinski definition) is 5. The summed E-state index contributed by atoms with van der Waals surface area (Å²) in [4.78, 5) is 29.8. The molecule has 116 valence electrons. The van der Waals surface area contributed by atoms with Crippen LogP contribution in [0.15, 0.2) is 12.1 Å². The Morgan fingerprint density at radius 1 is 1.45 bits per heavy atom. The van der Waals surface area contributed by atoms with Crippen LogP contribution in [-0.4, -0.2) is 23.3 Å². The normalized spacial score (nSPS) is 17.4. The van der Waals surface area contributed by atoms with E-state index in [1.807, 2.05) is 0 Å². The number of aromatic amines is 1. The monoisotopic (exact) mass is 318 g/mol. The zero-order chi connectivity index (χ0) is 15.9. The van der Waals surface area contributed by atoms with Crippen LogP contribution in [0.3, 0.4) is 0 Å². The number of rotatable bonds is 3. The topological polar surface area (TPSA) is 85.2 Å². The minimum Gasteiger partial charge on any atom is -0.461 e. The Labute approximate surface area is 132 Å². The third-order valence-corrected chi connectivity index (χ3v) is 5.08. The Balaban J connectivity index is 1.95. The summed E-state index contributed by atoms with van der Waals surface area (Å²) in [5.41, 5.74) is 7.61. The highest BCUT2D eigenvalue weighted by Gasteiger charge is 2.33. The molecule has 1 atom stereocenters. The summed E-state index contributed by atoms with van der Waals surface area (Å²) in [6.07, 6.45) is 1.11. The van der Waals surface area contributed by atoms with Crippen LogP contribution in [0.4, 0.5) is 5.69 Å². The van der Waals surface area contributed by atoms with Crippen LogP contribution in [0, 0.1) is 6.92 Å². The van der Waals surface area contributed by atoms with E-state index in [0.29, 0.717) is 18.4 Å². The second-order valence-electron chi connectivity index (χ2n) is 5.46. The van der Waals surface area contributed by atoms with Crippen molar-refractivity contribution in [2.45, 2.75) is 32.6 Å². The van der Waals surface area contributed by atoms with Gasteiger partial charge in [0.2, 0.25) is 0 Å². The molecule has 1 unspecified atom stereocenters. The molecule has 0 fully saturated rings. The summed E-state index contributed by atoms with van der Waals surface area (Å²) in [6.45, 7) is 4.06. The molecule has 0 aromatic carbocycles. The zero-order valence-electron chi connectivity index (χ0n) is 12.6. The van der Waals surface area contributed by atoms with Crippen molar-refractivity contribution in [3.63, 3.8) is 0 Å². The SMILES string of the molecule is CCOC(=O)c1[nH]c2c(c1N)C(=O)CC(c1ccc(C)s1)C2.